The van der Waals surface area contributed by atoms with Gasteiger partial charge in [-0.25, -0.2) is 4.98 Å². The Morgan fingerprint density at radius 1 is 0.947 bits per heavy atom. The summed E-state index contributed by atoms with van der Waals surface area (Å²) in [5.41, 5.74) is 14.0. The van der Waals surface area contributed by atoms with Crippen molar-refractivity contribution in [1.29, 1.82) is 10.5 Å². The predicted molar refractivity (Wildman–Crippen MR) is 72.7 cm³/mol. The van der Waals surface area contributed by atoms with Gasteiger partial charge in [0.25, 0.3) is 0 Å². The molecule has 5 heteroatoms. The van der Waals surface area contributed by atoms with Crippen LogP contribution in [0, 0.1) is 29.6 Å². The molecule has 0 spiro atoms. The van der Waals surface area contributed by atoms with E-state index in [9.17, 15) is 10.5 Å². The molecule has 2 aromatic rings. The minimum atomic E-state index is 0.0366. The molecule has 5 nitrogen and oxygen atoms in total. The summed E-state index contributed by atoms with van der Waals surface area (Å²) in [7, 11) is 0. The van der Waals surface area contributed by atoms with Crippen molar-refractivity contribution in [3.63, 3.8) is 0 Å². The van der Waals surface area contributed by atoms with Crippen LogP contribution in [0.2, 0.25) is 0 Å². The Bertz CT molecular complexity index is 679. The average molecular weight is 249 g/mol. The van der Waals surface area contributed by atoms with Gasteiger partial charge in [-0.3, -0.25) is 0 Å². The first-order chi connectivity index (χ1) is 9.08. The Kier molecular flexibility index (Phi) is 3.05. The molecule has 0 radical (unpaired) electrons. The monoisotopic (exact) mass is 249 g/mol. The summed E-state index contributed by atoms with van der Waals surface area (Å²) in [5, 5.41) is 18.4. The maximum Gasteiger partial charge on any atom is 0.144 e. The first kappa shape index (κ1) is 12.4. The van der Waals surface area contributed by atoms with Gasteiger partial charge in [0.2, 0.25) is 0 Å². The summed E-state index contributed by atoms with van der Waals surface area (Å²) in [6, 6.07) is 11.4. The third-order valence-corrected chi connectivity index (χ3v) is 2.82. The highest BCUT2D eigenvalue weighted by Crippen LogP contribution is 2.32. The highest BCUT2D eigenvalue weighted by Gasteiger charge is 2.18. The zero-order valence-electron chi connectivity index (χ0n) is 10.3. The summed E-state index contributed by atoms with van der Waals surface area (Å²) >= 11 is 0. The smallest absolute Gasteiger partial charge is 0.144 e. The number of nitrogens with two attached hydrogens (primary N) is 2. The highest BCUT2D eigenvalue weighted by atomic mass is 14.9. The number of hydrogen-bond acceptors (Lipinski definition) is 5. The molecule has 19 heavy (non-hydrogen) atoms. The van der Waals surface area contributed by atoms with Crippen molar-refractivity contribution in [3.05, 3.63) is 41.0 Å². The third-order valence-electron chi connectivity index (χ3n) is 2.82. The molecule has 0 aliphatic heterocycles. The molecule has 0 saturated heterocycles. The molecule has 0 atom stereocenters. The van der Waals surface area contributed by atoms with Crippen LogP contribution in [0.1, 0.15) is 16.7 Å². The molecular weight excluding hydrogens is 238 g/mol. The Morgan fingerprint density at radius 3 is 1.84 bits per heavy atom. The number of pyridine rings is 1. The predicted octanol–water partition coefficient (Wildman–Crippen LogP) is 1.96. The van der Waals surface area contributed by atoms with Crippen LogP contribution in [0.4, 0.5) is 11.6 Å². The lowest BCUT2D eigenvalue weighted by molar-refractivity contribution is 1.29. The number of nitrogen functional groups attached to an aromatic ring is 2. The summed E-state index contributed by atoms with van der Waals surface area (Å²) < 4.78 is 0. The molecular formula is C14H11N5. The molecule has 1 aromatic carbocycles. The van der Waals surface area contributed by atoms with E-state index in [1.165, 1.54) is 0 Å². The minimum Gasteiger partial charge on any atom is -0.383 e. The van der Waals surface area contributed by atoms with Gasteiger partial charge >= 0.3 is 0 Å². The Balaban J connectivity index is 2.85. The fourth-order valence-electron chi connectivity index (χ4n) is 1.86. The van der Waals surface area contributed by atoms with E-state index in [0.717, 1.165) is 11.1 Å². The lowest BCUT2D eigenvalue weighted by Crippen LogP contribution is -2.05. The first-order valence-corrected chi connectivity index (χ1v) is 5.54. The van der Waals surface area contributed by atoms with Crippen LogP contribution in [0.3, 0.4) is 0 Å². The van der Waals surface area contributed by atoms with Gasteiger partial charge in [0, 0.05) is 5.56 Å². The number of nitrogens with zero attached hydrogens (tertiary/aromatic N) is 3. The van der Waals surface area contributed by atoms with Crippen molar-refractivity contribution in [2.45, 2.75) is 6.92 Å². The largest absolute Gasteiger partial charge is 0.383 e. The zero-order valence-corrected chi connectivity index (χ0v) is 10.3. The van der Waals surface area contributed by atoms with Gasteiger partial charge < -0.3 is 11.5 Å². The topological polar surface area (TPSA) is 113 Å². The number of rotatable bonds is 1. The first-order valence-electron chi connectivity index (χ1n) is 5.54. The Morgan fingerprint density at radius 2 is 1.42 bits per heavy atom. The maximum absolute atomic E-state index is 9.21. The molecule has 0 aliphatic carbocycles. The van der Waals surface area contributed by atoms with Crippen LogP contribution in [-0.4, -0.2) is 4.98 Å². The lowest BCUT2D eigenvalue weighted by atomic mass is 9.95. The normalized spacial score (nSPS) is 9.63. The van der Waals surface area contributed by atoms with Crippen molar-refractivity contribution < 1.29 is 0 Å². The van der Waals surface area contributed by atoms with E-state index in [4.69, 9.17) is 11.5 Å². The number of benzene rings is 1. The van der Waals surface area contributed by atoms with Gasteiger partial charge in [-0.05, 0) is 12.5 Å². The van der Waals surface area contributed by atoms with E-state index in [1.807, 2.05) is 43.3 Å². The van der Waals surface area contributed by atoms with E-state index in [1.54, 1.807) is 0 Å². The second kappa shape index (κ2) is 4.67. The molecule has 4 N–H and O–H groups in total. The van der Waals surface area contributed by atoms with Crippen molar-refractivity contribution in [2.24, 2.45) is 0 Å². The van der Waals surface area contributed by atoms with Gasteiger partial charge in [-0.2, -0.15) is 10.5 Å². The zero-order chi connectivity index (χ0) is 14.0. The van der Waals surface area contributed by atoms with Crippen LogP contribution in [0.15, 0.2) is 24.3 Å². The number of anilines is 2. The number of nitriles is 2. The minimum absolute atomic E-state index is 0.0366. The van der Waals surface area contributed by atoms with E-state index in [0.29, 0.717) is 5.56 Å². The number of hydrogen-bond donors (Lipinski definition) is 2. The Labute approximate surface area is 110 Å². The van der Waals surface area contributed by atoms with Gasteiger partial charge in [0.05, 0.1) is 0 Å². The quantitative estimate of drug-likeness (QED) is 0.802. The molecule has 1 heterocycles. The lowest BCUT2D eigenvalue weighted by Gasteiger charge is -2.10. The molecule has 0 amide bonds. The van der Waals surface area contributed by atoms with Gasteiger partial charge in [0.1, 0.15) is 34.9 Å². The standard InChI is InChI=1S/C14H11N5/c1-8-2-4-9(5-3-8)12-10(6-15)13(17)19-14(18)11(12)7-16/h2-5H,1H3,(H4,17,18,19). The highest BCUT2D eigenvalue weighted by molar-refractivity contribution is 5.84. The van der Waals surface area contributed by atoms with Crippen molar-refractivity contribution in [2.75, 3.05) is 11.5 Å². The second-order valence-corrected chi connectivity index (χ2v) is 4.10. The molecule has 0 fully saturated rings. The fourth-order valence-corrected chi connectivity index (χ4v) is 1.86. The Hall–Kier alpha value is -3.05. The van der Waals surface area contributed by atoms with Crippen molar-refractivity contribution in [3.8, 4) is 23.3 Å². The van der Waals surface area contributed by atoms with E-state index < -0.39 is 0 Å². The van der Waals surface area contributed by atoms with Crippen LogP contribution in [0.25, 0.3) is 11.1 Å². The van der Waals surface area contributed by atoms with Crippen LogP contribution >= 0.6 is 0 Å². The van der Waals surface area contributed by atoms with E-state index in [2.05, 4.69) is 4.98 Å². The molecule has 2 rings (SSSR count). The third kappa shape index (κ3) is 2.05. The summed E-state index contributed by atoms with van der Waals surface area (Å²) in [6.45, 7) is 1.95. The van der Waals surface area contributed by atoms with Crippen molar-refractivity contribution >= 4 is 11.6 Å². The maximum atomic E-state index is 9.21. The van der Waals surface area contributed by atoms with E-state index in [-0.39, 0.29) is 22.8 Å². The summed E-state index contributed by atoms with van der Waals surface area (Å²) in [4.78, 5) is 3.83. The van der Waals surface area contributed by atoms with Crippen LogP contribution in [-0.2, 0) is 0 Å². The average Bonchev–Trinajstić information content (AvgIpc) is 2.39. The van der Waals surface area contributed by atoms with Crippen LogP contribution in [0.5, 0.6) is 0 Å². The molecule has 0 aliphatic rings. The molecule has 0 bridgehead atoms. The molecule has 0 unspecified atom stereocenters. The molecule has 1 aromatic heterocycles. The molecule has 0 saturated carbocycles. The SMILES string of the molecule is Cc1ccc(-c2c(C#N)c(N)nc(N)c2C#N)cc1. The molecule has 92 valence electrons. The fraction of sp³-hybridized carbons (Fsp3) is 0.0714. The summed E-state index contributed by atoms with van der Waals surface area (Å²) in [5.74, 6) is 0.0733. The van der Waals surface area contributed by atoms with Gasteiger partial charge in [-0.1, -0.05) is 29.8 Å². The summed E-state index contributed by atoms with van der Waals surface area (Å²) in [6.07, 6.45) is 0. The van der Waals surface area contributed by atoms with Gasteiger partial charge in [0.15, 0.2) is 0 Å². The second-order valence-electron chi connectivity index (χ2n) is 4.10. The number of aromatic nitrogens is 1. The van der Waals surface area contributed by atoms with Gasteiger partial charge in [-0.15, -0.1) is 0 Å². The van der Waals surface area contributed by atoms with Crippen molar-refractivity contribution in [1.82, 2.24) is 4.98 Å². The van der Waals surface area contributed by atoms with Crippen LogP contribution < -0.4 is 11.5 Å². The van der Waals surface area contributed by atoms with E-state index >= 15 is 0 Å². The number of aryl methyl sites for hydroxylation is 1.